The van der Waals surface area contributed by atoms with Crippen LogP contribution in [0.4, 0.5) is 0 Å². The van der Waals surface area contributed by atoms with Crippen LogP contribution in [0.1, 0.15) is 46.5 Å². The van der Waals surface area contributed by atoms with Gasteiger partial charge in [-0.25, -0.2) is 0 Å². The highest BCUT2D eigenvalue weighted by Crippen LogP contribution is 2.37. The summed E-state index contributed by atoms with van der Waals surface area (Å²) in [6, 6.07) is 0. The molecule has 2 nitrogen and oxygen atoms in total. The lowest BCUT2D eigenvalue weighted by molar-refractivity contribution is 0.0389. The average Bonchev–Trinajstić information content (AvgIpc) is 2.15. The molecule has 0 aromatic rings. The van der Waals surface area contributed by atoms with Gasteiger partial charge in [-0.1, -0.05) is 33.6 Å². The van der Waals surface area contributed by atoms with E-state index in [0.29, 0.717) is 5.92 Å². The van der Waals surface area contributed by atoms with Gasteiger partial charge in [0.25, 0.3) is 0 Å². The predicted octanol–water partition coefficient (Wildman–Crippen LogP) is 3.56. The van der Waals surface area contributed by atoms with Crippen molar-refractivity contribution >= 4 is 8.32 Å². The molecule has 1 N–H and O–H groups in total. The molecule has 1 rings (SSSR count). The smallest absolute Gasteiger partial charge is 0.191 e. The van der Waals surface area contributed by atoms with Crippen molar-refractivity contribution in [3.63, 3.8) is 0 Å². The zero-order valence-electron chi connectivity index (χ0n) is 11.5. The number of rotatable bonds is 3. The van der Waals surface area contributed by atoms with Gasteiger partial charge in [-0.05, 0) is 31.0 Å². The standard InChI is InChI=1S/C13H28O2Si/c1-13(2,3)16(4,5)15-10-11-8-6-7-9-12(11)14/h11-12,14H,6-10H2,1-5H3/t11-,12+/m1/s1. The van der Waals surface area contributed by atoms with E-state index >= 15 is 0 Å². The summed E-state index contributed by atoms with van der Waals surface area (Å²) < 4.78 is 6.18. The van der Waals surface area contributed by atoms with Crippen LogP contribution in [0.5, 0.6) is 0 Å². The molecule has 0 amide bonds. The monoisotopic (exact) mass is 244 g/mol. The molecule has 2 atom stereocenters. The average molecular weight is 244 g/mol. The minimum Gasteiger partial charge on any atom is -0.416 e. The topological polar surface area (TPSA) is 29.5 Å². The van der Waals surface area contributed by atoms with Gasteiger partial charge in [-0.3, -0.25) is 0 Å². The number of aliphatic hydroxyl groups is 1. The molecule has 1 aliphatic carbocycles. The van der Waals surface area contributed by atoms with Gasteiger partial charge < -0.3 is 9.53 Å². The summed E-state index contributed by atoms with van der Waals surface area (Å²) in [5, 5.41) is 10.2. The summed E-state index contributed by atoms with van der Waals surface area (Å²) in [6.07, 6.45) is 4.40. The first kappa shape index (κ1) is 14.2. The Kier molecular flexibility index (Phi) is 4.61. The predicted molar refractivity (Wildman–Crippen MR) is 71.1 cm³/mol. The van der Waals surface area contributed by atoms with E-state index in [2.05, 4.69) is 33.9 Å². The molecule has 0 saturated heterocycles. The lowest BCUT2D eigenvalue weighted by atomic mass is 9.87. The second-order valence-electron chi connectivity index (χ2n) is 6.68. The van der Waals surface area contributed by atoms with E-state index in [4.69, 9.17) is 4.43 Å². The molecular weight excluding hydrogens is 216 g/mol. The fourth-order valence-corrected chi connectivity index (χ4v) is 2.98. The third-order valence-electron chi connectivity index (χ3n) is 4.33. The fourth-order valence-electron chi connectivity index (χ4n) is 1.91. The van der Waals surface area contributed by atoms with Gasteiger partial charge in [0.1, 0.15) is 0 Å². The molecule has 1 aliphatic rings. The summed E-state index contributed by atoms with van der Waals surface area (Å²) in [5.41, 5.74) is 0. The Hall–Kier alpha value is 0.137. The van der Waals surface area contributed by atoms with Gasteiger partial charge in [0.15, 0.2) is 8.32 Å². The van der Waals surface area contributed by atoms with E-state index in [0.717, 1.165) is 19.4 Å². The highest BCUT2D eigenvalue weighted by molar-refractivity contribution is 6.74. The summed E-state index contributed by atoms with van der Waals surface area (Å²) in [6.45, 7) is 12.1. The minimum absolute atomic E-state index is 0.126. The van der Waals surface area contributed by atoms with E-state index in [9.17, 15) is 5.11 Å². The molecular formula is C13H28O2Si. The normalized spacial score (nSPS) is 28.1. The van der Waals surface area contributed by atoms with Crippen molar-refractivity contribution in [2.45, 2.75) is 70.7 Å². The van der Waals surface area contributed by atoms with Gasteiger partial charge in [0.2, 0.25) is 0 Å². The molecule has 0 aromatic heterocycles. The molecule has 0 aliphatic heterocycles. The maximum absolute atomic E-state index is 9.90. The summed E-state index contributed by atoms with van der Waals surface area (Å²) >= 11 is 0. The maximum Gasteiger partial charge on any atom is 0.191 e. The molecule has 0 bridgehead atoms. The van der Waals surface area contributed by atoms with Crippen LogP contribution < -0.4 is 0 Å². The van der Waals surface area contributed by atoms with Crippen LogP contribution in [0, 0.1) is 5.92 Å². The largest absolute Gasteiger partial charge is 0.416 e. The third-order valence-corrected chi connectivity index (χ3v) is 8.83. The number of aliphatic hydroxyl groups excluding tert-OH is 1. The molecule has 1 saturated carbocycles. The summed E-state index contributed by atoms with van der Waals surface area (Å²) in [4.78, 5) is 0. The SMILES string of the molecule is CC(C)(C)[Si](C)(C)OC[C@H]1CCCC[C@@H]1O. The Bertz CT molecular complexity index is 220. The van der Waals surface area contributed by atoms with E-state index in [1.807, 2.05) is 0 Å². The van der Waals surface area contributed by atoms with Gasteiger partial charge in [-0.2, -0.15) is 0 Å². The van der Waals surface area contributed by atoms with Crippen molar-refractivity contribution in [2.24, 2.45) is 5.92 Å². The zero-order chi connectivity index (χ0) is 12.4. The lowest BCUT2D eigenvalue weighted by Gasteiger charge is -2.38. The Balaban J connectivity index is 2.44. The van der Waals surface area contributed by atoms with Gasteiger partial charge in [0, 0.05) is 12.5 Å². The first-order chi connectivity index (χ1) is 7.24. The lowest BCUT2D eigenvalue weighted by Crippen LogP contribution is -2.43. The fraction of sp³-hybridized carbons (Fsp3) is 1.00. The van der Waals surface area contributed by atoms with Crippen molar-refractivity contribution < 1.29 is 9.53 Å². The van der Waals surface area contributed by atoms with E-state index in [-0.39, 0.29) is 11.1 Å². The minimum atomic E-state index is -1.63. The molecule has 96 valence electrons. The van der Waals surface area contributed by atoms with Gasteiger partial charge in [0.05, 0.1) is 6.10 Å². The van der Waals surface area contributed by atoms with Gasteiger partial charge in [-0.15, -0.1) is 0 Å². The highest BCUT2D eigenvalue weighted by atomic mass is 28.4. The second-order valence-corrected chi connectivity index (χ2v) is 11.5. The Labute approximate surface area is 102 Å². The number of hydrogen-bond acceptors (Lipinski definition) is 2. The number of hydrogen-bond donors (Lipinski definition) is 1. The molecule has 0 spiro atoms. The van der Waals surface area contributed by atoms with Crippen molar-refractivity contribution in [3.8, 4) is 0 Å². The molecule has 16 heavy (non-hydrogen) atoms. The van der Waals surface area contributed by atoms with Crippen LogP contribution in [0.25, 0.3) is 0 Å². The van der Waals surface area contributed by atoms with Crippen molar-refractivity contribution in [3.05, 3.63) is 0 Å². The van der Waals surface area contributed by atoms with Gasteiger partial charge >= 0.3 is 0 Å². The molecule has 0 aromatic carbocycles. The van der Waals surface area contributed by atoms with Crippen LogP contribution in [-0.2, 0) is 4.43 Å². The first-order valence-electron chi connectivity index (χ1n) is 6.56. The van der Waals surface area contributed by atoms with E-state index in [1.54, 1.807) is 0 Å². The van der Waals surface area contributed by atoms with Crippen LogP contribution in [-0.4, -0.2) is 26.1 Å². The van der Waals surface area contributed by atoms with E-state index < -0.39 is 8.32 Å². The first-order valence-corrected chi connectivity index (χ1v) is 9.47. The second kappa shape index (κ2) is 5.19. The highest BCUT2D eigenvalue weighted by Gasteiger charge is 2.38. The quantitative estimate of drug-likeness (QED) is 0.769. The Morgan fingerprint density at radius 1 is 1.19 bits per heavy atom. The van der Waals surface area contributed by atoms with Crippen molar-refractivity contribution in [1.82, 2.24) is 0 Å². The molecule has 0 heterocycles. The molecule has 3 heteroatoms. The third kappa shape index (κ3) is 3.57. The van der Waals surface area contributed by atoms with Crippen molar-refractivity contribution in [2.75, 3.05) is 6.61 Å². The Morgan fingerprint density at radius 2 is 1.75 bits per heavy atom. The van der Waals surface area contributed by atoms with Crippen LogP contribution in [0.3, 0.4) is 0 Å². The van der Waals surface area contributed by atoms with Crippen LogP contribution in [0.15, 0.2) is 0 Å². The molecule has 0 radical (unpaired) electrons. The Morgan fingerprint density at radius 3 is 2.25 bits per heavy atom. The summed E-state index contributed by atoms with van der Waals surface area (Å²) in [7, 11) is -1.63. The maximum atomic E-state index is 9.90. The van der Waals surface area contributed by atoms with E-state index in [1.165, 1.54) is 12.8 Å². The summed E-state index contributed by atoms with van der Waals surface area (Å²) in [5.74, 6) is 0.378. The van der Waals surface area contributed by atoms with Crippen molar-refractivity contribution in [1.29, 1.82) is 0 Å². The molecule has 0 unspecified atom stereocenters. The molecule has 1 fully saturated rings. The van der Waals surface area contributed by atoms with Crippen LogP contribution in [0.2, 0.25) is 18.1 Å². The zero-order valence-corrected chi connectivity index (χ0v) is 12.5. The van der Waals surface area contributed by atoms with Crippen LogP contribution >= 0.6 is 0 Å².